The highest BCUT2D eigenvalue weighted by molar-refractivity contribution is 7.20. The molecule has 4 rings (SSSR count). The molecule has 0 aliphatic carbocycles. The highest BCUT2D eigenvalue weighted by Gasteiger charge is 2.17. The van der Waals surface area contributed by atoms with Gasteiger partial charge in [0.05, 0.1) is 11.1 Å². The van der Waals surface area contributed by atoms with Crippen molar-refractivity contribution in [2.45, 2.75) is 6.92 Å². The van der Waals surface area contributed by atoms with Crippen LogP contribution in [0.1, 0.15) is 20.8 Å². The van der Waals surface area contributed by atoms with Gasteiger partial charge in [0.2, 0.25) is 5.13 Å². The summed E-state index contributed by atoms with van der Waals surface area (Å²) in [7, 11) is 0. The number of halogens is 1. The first-order valence-corrected chi connectivity index (χ1v) is 11.1. The van der Waals surface area contributed by atoms with Gasteiger partial charge in [0.25, 0.3) is 5.91 Å². The quantitative estimate of drug-likeness (QED) is 0.258. The number of benzene rings is 2. The zero-order chi connectivity index (χ0) is 20.9. The summed E-state index contributed by atoms with van der Waals surface area (Å²) in [6.45, 7) is 2.04. The van der Waals surface area contributed by atoms with Crippen LogP contribution in [0, 0.1) is 6.92 Å². The number of aryl methyl sites for hydroxylation is 1. The van der Waals surface area contributed by atoms with Crippen molar-refractivity contribution >= 4 is 56.5 Å². The van der Waals surface area contributed by atoms with E-state index in [2.05, 4.69) is 20.8 Å². The maximum absolute atomic E-state index is 12.6. The van der Waals surface area contributed by atoms with Gasteiger partial charge in [0.15, 0.2) is 0 Å². The molecule has 0 unspecified atom stereocenters. The largest absolute Gasteiger partial charge is 0.311 e. The molecule has 0 fully saturated rings. The second kappa shape index (κ2) is 9.21. The Kier molecular flexibility index (Phi) is 6.23. The van der Waals surface area contributed by atoms with Gasteiger partial charge in [0.1, 0.15) is 10.7 Å². The number of anilines is 2. The number of nitrogens with zero attached hydrogens (tertiary/aromatic N) is 2. The Hall–Kier alpha value is -3.00. The fraction of sp³-hybridized carbons (Fsp3) is 0.0455. The summed E-state index contributed by atoms with van der Waals surface area (Å²) in [5.41, 5.74) is 6.65. The van der Waals surface area contributed by atoms with Gasteiger partial charge in [-0.3, -0.25) is 10.2 Å². The first-order valence-electron chi connectivity index (χ1n) is 9.06. The van der Waals surface area contributed by atoms with Gasteiger partial charge < -0.3 is 5.32 Å². The van der Waals surface area contributed by atoms with E-state index in [1.165, 1.54) is 28.2 Å². The van der Waals surface area contributed by atoms with Crippen LogP contribution in [0.5, 0.6) is 0 Å². The molecular weight excluding hydrogens is 436 g/mol. The Morgan fingerprint density at radius 3 is 2.57 bits per heavy atom. The van der Waals surface area contributed by atoms with Crippen LogP contribution in [0.15, 0.2) is 71.1 Å². The van der Waals surface area contributed by atoms with Gasteiger partial charge in [-0.05, 0) is 36.1 Å². The highest BCUT2D eigenvalue weighted by atomic mass is 35.5. The lowest BCUT2D eigenvalue weighted by Gasteiger charge is -2.04. The van der Waals surface area contributed by atoms with Crippen LogP contribution in [0.2, 0.25) is 5.02 Å². The smallest absolute Gasteiger partial charge is 0.266 e. The van der Waals surface area contributed by atoms with E-state index in [0.29, 0.717) is 25.7 Å². The van der Waals surface area contributed by atoms with E-state index in [1.54, 1.807) is 24.4 Å². The molecule has 2 aromatic heterocycles. The molecule has 5 nitrogen and oxygen atoms in total. The SMILES string of the molecule is Cc1ccc(/C=N\Nc2nc(-c3ccc(Cl)cc3)c(NC(=O)c3cccs3)s2)cc1. The molecule has 8 heteroatoms. The molecule has 0 radical (unpaired) electrons. The number of nitrogens with one attached hydrogen (secondary N) is 2. The monoisotopic (exact) mass is 452 g/mol. The molecule has 0 bridgehead atoms. The lowest BCUT2D eigenvalue weighted by Crippen LogP contribution is -2.09. The van der Waals surface area contributed by atoms with Gasteiger partial charge in [0, 0.05) is 10.6 Å². The summed E-state index contributed by atoms with van der Waals surface area (Å²) in [4.78, 5) is 17.8. The predicted octanol–water partition coefficient (Wildman–Crippen LogP) is 6.53. The average molecular weight is 453 g/mol. The van der Waals surface area contributed by atoms with E-state index in [1.807, 2.05) is 54.8 Å². The van der Waals surface area contributed by atoms with E-state index in [-0.39, 0.29) is 5.91 Å². The van der Waals surface area contributed by atoms with E-state index in [4.69, 9.17) is 11.6 Å². The normalized spacial score (nSPS) is 11.0. The summed E-state index contributed by atoms with van der Waals surface area (Å²) >= 11 is 8.73. The molecule has 0 atom stereocenters. The first-order chi connectivity index (χ1) is 14.6. The van der Waals surface area contributed by atoms with Crippen molar-refractivity contribution in [1.82, 2.24) is 4.98 Å². The van der Waals surface area contributed by atoms with Crippen LogP contribution < -0.4 is 10.7 Å². The summed E-state index contributed by atoms with van der Waals surface area (Å²) < 4.78 is 0. The molecule has 4 aromatic rings. The van der Waals surface area contributed by atoms with Gasteiger partial charge in [-0.15, -0.1) is 11.3 Å². The molecule has 2 N–H and O–H groups in total. The van der Waals surface area contributed by atoms with Gasteiger partial charge in [-0.1, -0.05) is 71.0 Å². The number of thiazole rings is 1. The Labute approximate surface area is 187 Å². The lowest BCUT2D eigenvalue weighted by atomic mass is 10.1. The third-order valence-electron chi connectivity index (χ3n) is 4.17. The predicted molar refractivity (Wildman–Crippen MR) is 127 cm³/mol. The fourth-order valence-corrected chi connectivity index (χ4v) is 4.22. The molecule has 0 spiro atoms. The van der Waals surface area contributed by atoms with E-state index >= 15 is 0 Å². The first kappa shape index (κ1) is 20.3. The summed E-state index contributed by atoms with van der Waals surface area (Å²) in [6.07, 6.45) is 1.73. The third-order valence-corrected chi connectivity index (χ3v) is 6.16. The highest BCUT2D eigenvalue weighted by Crippen LogP contribution is 2.36. The van der Waals surface area contributed by atoms with Gasteiger partial charge >= 0.3 is 0 Å². The molecule has 30 heavy (non-hydrogen) atoms. The minimum absolute atomic E-state index is 0.168. The third kappa shape index (κ3) is 4.94. The van der Waals surface area contributed by atoms with Crippen LogP contribution in [0.4, 0.5) is 10.1 Å². The Bertz CT molecular complexity index is 1170. The number of amides is 1. The van der Waals surface area contributed by atoms with E-state index in [0.717, 1.165) is 11.1 Å². The molecule has 2 aromatic carbocycles. The maximum atomic E-state index is 12.6. The minimum Gasteiger partial charge on any atom is -0.311 e. The van der Waals surface area contributed by atoms with Crippen LogP contribution in [0.25, 0.3) is 11.3 Å². The van der Waals surface area contributed by atoms with E-state index < -0.39 is 0 Å². The van der Waals surface area contributed by atoms with Crippen LogP contribution in [-0.2, 0) is 0 Å². The zero-order valence-electron chi connectivity index (χ0n) is 15.9. The molecular formula is C22H17ClN4OS2. The Balaban J connectivity index is 1.58. The number of carbonyl (C=O) groups excluding carboxylic acids is 1. The Morgan fingerprint density at radius 2 is 1.87 bits per heavy atom. The molecule has 2 heterocycles. The van der Waals surface area contributed by atoms with E-state index in [9.17, 15) is 4.79 Å². The van der Waals surface area contributed by atoms with Gasteiger partial charge in [-0.25, -0.2) is 4.98 Å². The van der Waals surface area contributed by atoms with Crippen LogP contribution >= 0.6 is 34.3 Å². The van der Waals surface area contributed by atoms with Crippen LogP contribution in [-0.4, -0.2) is 17.1 Å². The molecule has 0 aliphatic rings. The molecule has 0 saturated carbocycles. The standard InChI is InChI=1S/C22H17ClN4OS2/c1-14-4-6-15(7-5-14)13-24-27-22-25-19(16-8-10-17(23)11-9-16)21(30-22)26-20(28)18-3-2-12-29-18/h2-13H,1H3,(H,25,27)(H,26,28)/b24-13-. The zero-order valence-corrected chi connectivity index (χ0v) is 18.3. The fourth-order valence-electron chi connectivity index (χ4n) is 2.64. The van der Waals surface area contributed by atoms with Crippen molar-refractivity contribution in [1.29, 1.82) is 0 Å². The Morgan fingerprint density at radius 1 is 1.10 bits per heavy atom. The number of hydrogen-bond acceptors (Lipinski definition) is 6. The van der Waals surface area contributed by atoms with Crippen molar-refractivity contribution in [3.8, 4) is 11.3 Å². The summed E-state index contributed by atoms with van der Waals surface area (Å²) in [5.74, 6) is -0.168. The summed E-state index contributed by atoms with van der Waals surface area (Å²) in [5, 5.41) is 11.0. The molecule has 0 aliphatic heterocycles. The minimum atomic E-state index is -0.168. The molecule has 150 valence electrons. The van der Waals surface area contributed by atoms with Crippen molar-refractivity contribution < 1.29 is 4.79 Å². The number of hydrazone groups is 1. The number of aromatic nitrogens is 1. The van der Waals surface area contributed by atoms with Gasteiger partial charge in [-0.2, -0.15) is 5.10 Å². The number of hydrogen-bond donors (Lipinski definition) is 2. The lowest BCUT2D eigenvalue weighted by molar-refractivity contribution is 0.103. The molecule has 0 saturated heterocycles. The van der Waals surface area contributed by atoms with Crippen molar-refractivity contribution in [3.05, 3.63) is 87.1 Å². The number of rotatable bonds is 6. The molecule has 1 amide bonds. The summed E-state index contributed by atoms with van der Waals surface area (Å²) in [6, 6.07) is 19.0. The van der Waals surface area contributed by atoms with Crippen molar-refractivity contribution in [3.63, 3.8) is 0 Å². The van der Waals surface area contributed by atoms with Crippen LogP contribution in [0.3, 0.4) is 0 Å². The second-order valence-corrected chi connectivity index (χ2v) is 8.80. The number of thiophene rings is 1. The number of carbonyl (C=O) groups is 1. The maximum Gasteiger partial charge on any atom is 0.266 e. The van der Waals surface area contributed by atoms with Crippen molar-refractivity contribution in [2.24, 2.45) is 5.10 Å². The van der Waals surface area contributed by atoms with Crippen molar-refractivity contribution in [2.75, 3.05) is 10.7 Å². The second-order valence-electron chi connectivity index (χ2n) is 6.42. The topological polar surface area (TPSA) is 66.4 Å². The average Bonchev–Trinajstić information content (AvgIpc) is 3.41.